The van der Waals surface area contributed by atoms with Gasteiger partial charge in [0.25, 0.3) is 0 Å². The van der Waals surface area contributed by atoms with Gasteiger partial charge in [0.1, 0.15) is 0 Å². The van der Waals surface area contributed by atoms with E-state index in [0.717, 1.165) is 23.1 Å². The fraction of sp³-hybridized carbons (Fsp3) is 0.133. The van der Waals surface area contributed by atoms with Gasteiger partial charge in [-0.25, -0.2) is 0 Å². The zero-order valence-corrected chi connectivity index (χ0v) is 9.79. The first-order valence-corrected chi connectivity index (χ1v) is 6.15. The fourth-order valence-corrected chi connectivity index (χ4v) is 2.80. The van der Waals surface area contributed by atoms with Crippen molar-refractivity contribution in [2.75, 3.05) is 5.32 Å². The summed E-state index contributed by atoms with van der Waals surface area (Å²) in [4.78, 5) is 14.9. The Hall–Kier alpha value is -2.29. The van der Waals surface area contributed by atoms with Gasteiger partial charge in [0.2, 0.25) is 5.91 Å². The van der Waals surface area contributed by atoms with Gasteiger partial charge >= 0.3 is 0 Å². The maximum Gasteiger partial charge on any atom is 0.224 e. The summed E-state index contributed by atoms with van der Waals surface area (Å²) in [6.45, 7) is 0. The summed E-state index contributed by atoms with van der Waals surface area (Å²) in [6.07, 6.45) is 1.38. The van der Waals surface area contributed by atoms with Gasteiger partial charge in [-0.3, -0.25) is 4.79 Å². The Morgan fingerprint density at radius 1 is 0.944 bits per heavy atom. The van der Waals surface area contributed by atoms with Crippen LogP contribution < -0.4 is 5.32 Å². The molecule has 0 radical (unpaired) electrons. The first-order valence-electron chi connectivity index (χ1n) is 6.15. The molecule has 2 aromatic carbocycles. The number of aromatic amines is 1. The predicted octanol–water partition coefficient (Wildman–Crippen LogP) is 3.21. The van der Waals surface area contributed by atoms with Crippen LogP contribution in [0.4, 0.5) is 5.69 Å². The van der Waals surface area contributed by atoms with Crippen LogP contribution in [0.3, 0.4) is 0 Å². The first-order chi connectivity index (χ1) is 8.83. The van der Waals surface area contributed by atoms with E-state index in [1.54, 1.807) is 0 Å². The molecular weight excluding hydrogens is 224 g/mol. The minimum atomic E-state index is 0.109. The molecule has 1 aliphatic heterocycles. The zero-order chi connectivity index (χ0) is 12.1. The molecule has 0 spiro atoms. The molecule has 1 amide bonds. The van der Waals surface area contributed by atoms with Crippen LogP contribution in [0.2, 0.25) is 0 Å². The van der Waals surface area contributed by atoms with Crippen LogP contribution in [0.25, 0.3) is 21.8 Å². The molecular formula is C15H12N2O. The number of amides is 1. The van der Waals surface area contributed by atoms with Gasteiger partial charge in [-0.1, -0.05) is 24.3 Å². The average Bonchev–Trinajstić information content (AvgIpc) is 2.77. The number of H-pyrrole nitrogens is 1. The van der Waals surface area contributed by atoms with Gasteiger partial charge in [-0.05, 0) is 18.6 Å². The highest BCUT2D eigenvalue weighted by Gasteiger charge is 2.18. The maximum atomic E-state index is 11.4. The number of aromatic nitrogens is 1. The van der Waals surface area contributed by atoms with Gasteiger partial charge in [0, 0.05) is 34.0 Å². The van der Waals surface area contributed by atoms with Crippen molar-refractivity contribution in [2.24, 2.45) is 0 Å². The summed E-state index contributed by atoms with van der Waals surface area (Å²) in [5, 5.41) is 5.42. The van der Waals surface area contributed by atoms with E-state index in [2.05, 4.69) is 34.6 Å². The van der Waals surface area contributed by atoms with Crippen molar-refractivity contribution in [2.45, 2.75) is 12.8 Å². The van der Waals surface area contributed by atoms with Crippen LogP contribution in [0, 0.1) is 0 Å². The molecule has 2 N–H and O–H groups in total. The SMILES string of the molecule is O=C1CCc2c(ccc3c2[nH]c2ccccc23)N1. The topological polar surface area (TPSA) is 44.9 Å². The third-order valence-electron chi connectivity index (χ3n) is 3.67. The summed E-state index contributed by atoms with van der Waals surface area (Å²) >= 11 is 0. The van der Waals surface area contributed by atoms with Crippen molar-refractivity contribution in [1.82, 2.24) is 4.98 Å². The second-order valence-corrected chi connectivity index (χ2v) is 4.73. The highest BCUT2D eigenvalue weighted by molar-refractivity contribution is 6.11. The number of fused-ring (bicyclic) bond motifs is 5. The molecule has 0 saturated heterocycles. The number of rotatable bonds is 0. The van der Waals surface area contributed by atoms with Crippen molar-refractivity contribution >= 4 is 33.4 Å². The minimum absolute atomic E-state index is 0.109. The van der Waals surface area contributed by atoms with E-state index in [1.807, 2.05) is 12.1 Å². The van der Waals surface area contributed by atoms with E-state index in [0.29, 0.717) is 6.42 Å². The normalized spacial score (nSPS) is 14.8. The number of anilines is 1. The summed E-state index contributed by atoms with van der Waals surface area (Å²) in [6, 6.07) is 12.4. The Morgan fingerprint density at radius 2 is 1.83 bits per heavy atom. The molecule has 0 aliphatic carbocycles. The van der Waals surface area contributed by atoms with E-state index >= 15 is 0 Å². The highest BCUT2D eigenvalue weighted by atomic mass is 16.1. The Labute approximate surface area is 104 Å². The molecule has 0 unspecified atom stereocenters. The number of carbonyl (C=O) groups is 1. The van der Waals surface area contributed by atoms with Crippen molar-refractivity contribution < 1.29 is 4.79 Å². The Kier molecular flexibility index (Phi) is 1.81. The molecule has 2 heterocycles. The first kappa shape index (κ1) is 9.71. The minimum Gasteiger partial charge on any atom is -0.354 e. The highest BCUT2D eigenvalue weighted by Crippen LogP contribution is 2.34. The average molecular weight is 236 g/mol. The number of carbonyl (C=O) groups excluding carboxylic acids is 1. The molecule has 1 aromatic heterocycles. The van der Waals surface area contributed by atoms with E-state index < -0.39 is 0 Å². The third-order valence-corrected chi connectivity index (χ3v) is 3.67. The number of hydrogen-bond acceptors (Lipinski definition) is 1. The molecule has 0 atom stereocenters. The summed E-state index contributed by atoms with van der Waals surface area (Å²) in [5.41, 5.74) is 4.49. The Balaban J connectivity index is 2.11. The van der Waals surface area contributed by atoms with Gasteiger partial charge in [-0.2, -0.15) is 0 Å². The molecule has 1 aliphatic rings. The van der Waals surface area contributed by atoms with E-state index in [1.165, 1.54) is 16.3 Å². The van der Waals surface area contributed by atoms with Crippen LogP contribution in [-0.2, 0) is 11.2 Å². The van der Waals surface area contributed by atoms with Crippen LogP contribution in [-0.4, -0.2) is 10.9 Å². The van der Waals surface area contributed by atoms with Gasteiger partial charge in [0.15, 0.2) is 0 Å². The summed E-state index contributed by atoms with van der Waals surface area (Å²) in [5.74, 6) is 0.109. The lowest BCUT2D eigenvalue weighted by molar-refractivity contribution is -0.116. The van der Waals surface area contributed by atoms with Crippen molar-refractivity contribution in [3.8, 4) is 0 Å². The largest absolute Gasteiger partial charge is 0.354 e. The number of benzene rings is 2. The van der Waals surface area contributed by atoms with Crippen LogP contribution in [0.5, 0.6) is 0 Å². The Morgan fingerprint density at radius 3 is 2.78 bits per heavy atom. The maximum absolute atomic E-state index is 11.4. The second-order valence-electron chi connectivity index (χ2n) is 4.73. The van der Waals surface area contributed by atoms with Gasteiger partial charge < -0.3 is 10.3 Å². The number of hydrogen-bond donors (Lipinski definition) is 2. The quantitative estimate of drug-likeness (QED) is 0.618. The second kappa shape index (κ2) is 3.35. The molecule has 3 heteroatoms. The van der Waals surface area contributed by atoms with Crippen molar-refractivity contribution in [3.63, 3.8) is 0 Å². The summed E-state index contributed by atoms with van der Waals surface area (Å²) in [7, 11) is 0. The molecule has 3 aromatic rings. The smallest absolute Gasteiger partial charge is 0.224 e. The lowest BCUT2D eigenvalue weighted by Crippen LogP contribution is -2.18. The third kappa shape index (κ3) is 1.21. The molecule has 18 heavy (non-hydrogen) atoms. The van der Waals surface area contributed by atoms with Crippen LogP contribution in [0.15, 0.2) is 36.4 Å². The van der Waals surface area contributed by atoms with Crippen LogP contribution >= 0.6 is 0 Å². The number of para-hydroxylation sites is 1. The monoisotopic (exact) mass is 236 g/mol. The molecule has 0 saturated carbocycles. The Bertz CT molecular complexity index is 786. The van der Waals surface area contributed by atoms with Crippen molar-refractivity contribution in [1.29, 1.82) is 0 Å². The molecule has 0 bridgehead atoms. The number of aryl methyl sites for hydroxylation is 1. The predicted molar refractivity (Wildman–Crippen MR) is 72.8 cm³/mol. The van der Waals surface area contributed by atoms with E-state index in [9.17, 15) is 4.79 Å². The summed E-state index contributed by atoms with van der Waals surface area (Å²) < 4.78 is 0. The number of nitrogens with one attached hydrogen (secondary N) is 2. The van der Waals surface area contributed by atoms with E-state index in [4.69, 9.17) is 0 Å². The van der Waals surface area contributed by atoms with Crippen LogP contribution in [0.1, 0.15) is 12.0 Å². The van der Waals surface area contributed by atoms with Gasteiger partial charge in [0.05, 0.1) is 5.52 Å². The zero-order valence-electron chi connectivity index (χ0n) is 9.79. The van der Waals surface area contributed by atoms with Crippen molar-refractivity contribution in [3.05, 3.63) is 42.0 Å². The standard InChI is InChI=1S/C15H12N2O/c18-14-8-6-11-13(16-14)7-5-10-9-3-1-2-4-12(9)17-15(10)11/h1-5,7,17H,6,8H2,(H,16,18). The molecule has 4 rings (SSSR count). The fourth-order valence-electron chi connectivity index (χ4n) is 2.80. The molecule has 3 nitrogen and oxygen atoms in total. The molecule has 88 valence electrons. The van der Waals surface area contributed by atoms with E-state index in [-0.39, 0.29) is 5.91 Å². The molecule has 0 fully saturated rings. The van der Waals surface area contributed by atoms with Gasteiger partial charge in [-0.15, -0.1) is 0 Å². The lowest BCUT2D eigenvalue weighted by Gasteiger charge is -2.17. The lowest BCUT2D eigenvalue weighted by atomic mass is 9.99.